The van der Waals surface area contributed by atoms with Crippen molar-refractivity contribution >= 4 is 23.4 Å². The number of pyridine rings is 1. The Kier molecular flexibility index (Phi) is 4.38. The van der Waals surface area contributed by atoms with Crippen molar-refractivity contribution in [3.05, 3.63) is 84.7 Å². The number of rotatable bonds is 4. The highest BCUT2D eigenvalue weighted by atomic mass is 16.1. The topological polar surface area (TPSA) is 20.9 Å². The molecule has 2 nitrogen and oxygen atoms in total. The van der Waals surface area contributed by atoms with Gasteiger partial charge < -0.3 is 0 Å². The van der Waals surface area contributed by atoms with Gasteiger partial charge in [0, 0.05) is 23.8 Å². The van der Waals surface area contributed by atoms with E-state index < -0.39 is 0 Å². The van der Waals surface area contributed by atoms with Gasteiger partial charge in [-0.3, -0.25) is 4.79 Å². The molecule has 2 aromatic carbocycles. The van der Waals surface area contributed by atoms with Gasteiger partial charge in [-0.05, 0) is 12.4 Å². The molecule has 0 saturated heterocycles. The van der Waals surface area contributed by atoms with Crippen molar-refractivity contribution in [3.8, 4) is 5.69 Å². The minimum Gasteiger partial charge on any atom is -0.295 e. The molecule has 112 valence electrons. The molecule has 3 aromatic rings. The second-order valence-corrected chi connectivity index (χ2v) is 5.74. The van der Waals surface area contributed by atoms with Crippen LogP contribution in [0.25, 0.3) is 5.69 Å². The van der Waals surface area contributed by atoms with Crippen LogP contribution in [0, 0.1) is 0 Å². The monoisotopic (exact) mass is 300 g/mol. The van der Waals surface area contributed by atoms with Gasteiger partial charge in [0.25, 0.3) is 0 Å². The minimum atomic E-state index is 0.0862. The Bertz CT molecular complexity index is 813. The second kappa shape index (κ2) is 6.61. The average Bonchev–Trinajstić information content (AvgIpc) is 2.62. The molecule has 0 saturated carbocycles. The fourth-order valence-corrected chi connectivity index (χ4v) is 2.83. The first kappa shape index (κ1) is 15.2. The van der Waals surface area contributed by atoms with E-state index in [-0.39, 0.29) is 5.78 Å². The molecule has 0 atom stereocenters. The molecule has 0 bridgehead atoms. The van der Waals surface area contributed by atoms with E-state index in [4.69, 9.17) is 0 Å². The molecule has 1 aromatic heterocycles. The Morgan fingerprint density at radius 1 is 0.870 bits per heavy atom. The highest BCUT2D eigenvalue weighted by molar-refractivity contribution is 6.84. The molecule has 0 unspecified atom stereocenters. The molecule has 3 heteroatoms. The maximum atomic E-state index is 11.4. The van der Waals surface area contributed by atoms with Crippen LogP contribution in [0.15, 0.2) is 79.1 Å². The molecule has 0 aliphatic heterocycles. The highest BCUT2D eigenvalue weighted by Crippen LogP contribution is 2.02. The van der Waals surface area contributed by atoms with E-state index in [0.717, 1.165) is 11.3 Å². The van der Waals surface area contributed by atoms with Gasteiger partial charge in [-0.25, -0.2) is 0 Å². The van der Waals surface area contributed by atoms with Crippen LogP contribution in [-0.4, -0.2) is 12.5 Å². The molecule has 0 aliphatic rings. The van der Waals surface area contributed by atoms with Gasteiger partial charge in [0.05, 0.1) is 0 Å². The number of hydrogen-bond donors (Lipinski definition) is 0. The average molecular weight is 300 g/mol. The zero-order valence-electron chi connectivity index (χ0n) is 13.4. The van der Waals surface area contributed by atoms with Crippen LogP contribution in [0.3, 0.4) is 0 Å². The van der Waals surface area contributed by atoms with Crippen molar-refractivity contribution in [3.63, 3.8) is 0 Å². The lowest BCUT2D eigenvalue weighted by Gasteiger charge is -2.11. The first-order valence-corrected chi connectivity index (χ1v) is 7.83. The summed E-state index contributed by atoms with van der Waals surface area (Å²) in [5.74, 6) is 0.0862. The summed E-state index contributed by atoms with van der Waals surface area (Å²) in [5, 5.41) is 0. The number of carbonyl (C=O) groups excluding carboxylic acids is 1. The highest BCUT2D eigenvalue weighted by Gasteiger charge is 2.21. The fraction of sp³-hybridized carbons (Fsp3) is 0.100. The van der Waals surface area contributed by atoms with Gasteiger partial charge in [0.15, 0.2) is 18.2 Å². The predicted octanol–water partition coefficient (Wildman–Crippen LogP) is 2.40. The largest absolute Gasteiger partial charge is 0.295 e. The Labute approximate surface area is 137 Å². The van der Waals surface area contributed by atoms with E-state index in [1.165, 1.54) is 10.9 Å². The first-order chi connectivity index (χ1) is 11.2. The SMILES string of the molecule is CB(c1ccccc1)c1ccccc1-[n+]1ccc(C(C)=O)cc1. The number of para-hydroxylation sites is 1. The minimum absolute atomic E-state index is 0.0862. The zero-order valence-corrected chi connectivity index (χ0v) is 13.4. The standard InChI is InChI=1S/C20H19BNO/c1-16(23)17-12-14-22(15-13-17)20-11-7-6-10-19(20)21(2)18-8-4-3-5-9-18/h3-15H,1-2H3/q+1. The fourth-order valence-electron chi connectivity index (χ4n) is 2.83. The van der Waals surface area contributed by atoms with E-state index in [0.29, 0.717) is 6.71 Å². The number of nitrogens with zero attached hydrogens (tertiary/aromatic N) is 1. The Morgan fingerprint density at radius 2 is 1.48 bits per heavy atom. The summed E-state index contributed by atoms with van der Waals surface area (Å²) in [6.45, 7) is 4.11. The molecular weight excluding hydrogens is 281 g/mol. The maximum absolute atomic E-state index is 11.4. The van der Waals surface area contributed by atoms with Crippen LogP contribution in [-0.2, 0) is 0 Å². The van der Waals surface area contributed by atoms with Gasteiger partial charge in [-0.2, -0.15) is 4.57 Å². The molecule has 23 heavy (non-hydrogen) atoms. The third-order valence-electron chi connectivity index (χ3n) is 4.22. The molecule has 0 radical (unpaired) electrons. The van der Waals surface area contributed by atoms with E-state index in [1.807, 2.05) is 36.7 Å². The van der Waals surface area contributed by atoms with E-state index >= 15 is 0 Å². The number of Topliss-reactive ketones (excluding diaryl/α,β-unsaturated/α-hetero) is 1. The summed E-state index contributed by atoms with van der Waals surface area (Å²) < 4.78 is 2.07. The molecule has 0 fully saturated rings. The molecule has 0 aliphatic carbocycles. The summed E-state index contributed by atoms with van der Waals surface area (Å²) >= 11 is 0. The normalized spacial score (nSPS) is 10.3. The number of carbonyl (C=O) groups is 1. The third kappa shape index (κ3) is 3.24. The lowest BCUT2D eigenvalue weighted by Crippen LogP contribution is -2.46. The Morgan fingerprint density at radius 3 is 2.13 bits per heavy atom. The lowest BCUT2D eigenvalue weighted by atomic mass is 9.42. The summed E-state index contributed by atoms with van der Waals surface area (Å²) in [5.41, 5.74) is 4.42. The summed E-state index contributed by atoms with van der Waals surface area (Å²) in [7, 11) is 0. The Hall–Kier alpha value is -2.68. The van der Waals surface area contributed by atoms with Gasteiger partial charge in [0.2, 0.25) is 12.4 Å². The molecule has 0 amide bonds. The molecule has 0 spiro atoms. The summed E-state index contributed by atoms with van der Waals surface area (Å²) in [4.78, 5) is 11.4. The van der Waals surface area contributed by atoms with Crippen molar-refractivity contribution < 1.29 is 9.36 Å². The van der Waals surface area contributed by atoms with Crippen molar-refractivity contribution in [1.29, 1.82) is 0 Å². The van der Waals surface area contributed by atoms with Crippen molar-refractivity contribution in [2.75, 3.05) is 0 Å². The van der Waals surface area contributed by atoms with Crippen LogP contribution in [0.4, 0.5) is 0 Å². The molecule has 3 rings (SSSR count). The smallest absolute Gasteiger partial charge is 0.214 e. The number of benzene rings is 2. The van der Waals surface area contributed by atoms with Crippen LogP contribution in [0.2, 0.25) is 6.82 Å². The van der Waals surface area contributed by atoms with E-state index in [2.05, 4.69) is 53.9 Å². The van der Waals surface area contributed by atoms with E-state index in [9.17, 15) is 4.79 Å². The number of hydrogen-bond acceptors (Lipinski definition) is 1. The molecule has 0 N–H and O–H groups in total. The van der Waals surface area contributed by atoms with Crippen LogP contribution in [0.1, 0.15) is 17.3 Å². The third-order valence-corrected chi connectivity index (χ3v) is 4.22. The maximum Gasteiger partial charge on any atom is 0.214 e. The Balaban J connectivity index is 2.02. The van der Waals surface area contributed by atoms with E-state index in [1.54, 1.807) is 6.92 Å². The summed E-state index contributed by atoms with van der Waals surface area (Å²) in [6, 6.07) is 22.6. The van der Waals surface area contributed by atoms with Crippen molar-refractivity contribution in [2.24, 2.45) is 0 Å². The molecular formula is C20H19BNO+. The first-order valence-electron chi connectivity index (χ1n) is 7.83. The van der Waals surface area contributed by atoms with Crippen molar-refractivity contribution in [1.82, 2.24) is 0 Å². The van der Waals surface area contributed by atoms with Gasteiger partial charge in [-0.1, -0.05) is 60.8 Å². The zero-order chi connectivity index (χ0) is 16.2. The predicted molar refractivity (Wildman–Crippen MR) is 95.3 cm³/mol. The van der Waals surface area contributed by atoms with Gasteiger partial charge in [0.1, 0.15) is 0 Å². The summed E-state index contributed by atoms with van der Waals surface area (Å²) in [6.07, 6.45) is 3.90. The quantitative estimate of drug-likeness (QED) is 0.412. The van der Waals surface area contributed by atoms with Crippen LogP contribution >= 0.6 is 0 Å². The van der Waals surface area contributed by atoms with Crippen LogP contribution in [0.5, 0.6) is 0 Å². The molecule has 1 heterocycles. The van der Waals surface area contributed by atoms with Gasteiger partial charge in [-0.15, -0.1) is 0 Å². The lowest BCUT2D eigenvalue weighted by molar-refractivity contribution is -0.594. The van der Waals surface area contributed by atoms with Gasteiger partial charge >= 0.3 is 0 Å². The van der Waals surface area contributed by atoms with Crippen molar-refractivity contribution in [2.45, 2.75) is 13.7 Å². The van der Waals surface area contributed by atoms with Crippen LogP contribution < -0.4 is 15.5 Å². The number of aromatic nitrogens is 1. The second-order valence-electron chi connectivity index (χ2n) is 5.74. The number of ketones is 1.